The fraction of sp³-hybridized carbons (Fsp3) is 0. The van der Waals surface area contributed by atoms with Crippen LogP contribution in [0.4, 0.5) is 14.5 Å². The van der Waals surface area contributed by atoms with Gasteiger partial charge in [-0.3, -0.25) is 4.72 Å². The number of benzene rings is 2. The summed E-state index contributed by atoms with van der Waals surface area (Å²) in [5, 5.41) is 8.89. The van der Waals surface area contributed by atoms with E-state index in [1.807, 2.05) is 4.72 Å². The number of nitrogens with one attached hydrogen (secondary N) is 1. The van der Waals surface area contributed by atoms with Gasteiger partial charge < -0.3 is 5.11 Å². The highest BCUT2D eigenvalue weighted by molar-refractivity contribution is 7.92. The molecule has 0 fully saturated rings. The lowest BCUT2D eigenvalue weighted by atomic mass is 10.2. The third-order valence-electron chi connectivity index (χ3n) is 2.65. The molecule has 2 rings (SSSR count). The van der Waals surface area contributed by atoms with Crippen LogP contribution >= 0.6 is 11.6 Å². The molecule has 0 atom stereocenters. The maximum Gasteiger partial charge on any atom is 0.338 e. The molecule has 0 unspecified atom stereocenters. The van der Waals surface area contributed by atoms with Gasteiger partial charge in [0.1, 0.15) is 11.6 Å². The van der Waals surface area contributed by atoms with Crippen molar-refractivity contribution >= 4 is 33.3 Å². The summed E-state index contributed by atoms with van der Waals surface area (Å²) in [7, 11) is -4.30. The van der Waals surface area contributed by atoms with E-state index in [1.165, 1.54) is 6.07 Å². The number of halogens is 3. The van der Waals surface area contributed by atoms with Crippen molar-refractivity contribution < 1.29 is 27.1 Å². The quantitative estimate of drug-likeness (QED) is 0.890. The van der Waals surface area contributed by atoms with Crippen LogP contribution in [-0.2, 0) is 10.0 Å². The first-order valence-electron chi connectivity index (χ1n) is 5.71. The van der Waals surface area contributed by atoms with E-state index in [-0.39, 0.29) is 5.02 Å². The van der Waals surface area contributed by atoms with Crippen molar-refractivity contribution in [3.8, 4) is 0 Å². The van der Waals surface area contributed by atoms with Crippen LogP contribution in [0.15, 0.2) is 41.3 Å². The van der Waals surface area contributed by atoms with Crippen molar-refractivity contribution in [2.75, 3.05) is 4.72 Å². The molecule has 0 aliphatic heterocycles. The Hall–Kier alpha value is -2.19. The molecule has 0 amide bonds. The van der Waals surface area contributed by atoms with Gasteiger partial charge in [0, 0.05) is 5.02 Å². The average molecular weight is 348 g/mol. The van der Waals surface area contributed by atoms with Gasteiger partial charge in [-0.25, -0.2) is 22.0 Å². The van der Waals surface area contributed by atoms with E-state index in [2.05, 4.69) is 0 Å². The molecular formula is C13H8ClF2NO4S. The van der Waals surface area contributed by atoms with Crippen molar-refractivity contribution in [1.29, 1.82) is 0 Å². The molecule has 22 heavy (non-hydrogen) atoms. The summed E-state index contributed by atoms with van der Waals surface area (Å²) >= 11 is 5.65. The second kappa shape index (κ2) is 5.90. The van der Waals surface area contributed by atoms with Crippen molar-refractivity contribution in [2.24, 2.45) is 0 Å². The van der Waals surface area contributed by atoms with Gasteiger partial charge in [0.15, 0.2) is 0 Å². The molecule has 5 nitrogen and oxygen atoms in total. The summed E-state index contributed by atoms with van der Waals surface area (Å²) in [5.74, 6) is -3.57. The van der Waals surface area contributed by atoms with Crippen molar-refractivity contribution in [3.63, 3.8) is 0 Å². The van der Waals surface area contributed by atoms with E-state index in [4.69, 9.17) is 16.7 Å². The number of carboxylic acid groups (broad SMARTS) is 1. The predicted molar refractivity (Wildman–Crippen MR) is 75.6 cm³/mol. The van der Waals surface area contributed by atoms with Gasteiger partial charge in [-0.1, -0.05) is 11.6 Å². The average Bonchev–Trinajstić information content (AvgIpc) is 2.42. The Morgan fingerprint density at radius 2 is 1.73 bits per heavy atom. The molecular weight excluding hydrogens is 340 g/mol. The lowest BCUT2D eigenvalue weighted by Crippen LogP contribution is -2.15. The normalized spacial score (nSPS) is 11.2. The van der Waals surface area contributed by atoms with Crippen molar-refractivity contribution in [3.05, 3.63) is 58.6 Å². The number of rotatable bonds is 4. The molecule has 0 spiro atoms. The molecule has 0 saturated heterocycles. The van der Waals surface area contributed by atoms with E-state index in [0.29, 0.717) is 12.1 Å². The first kappa shape index (κ1) is 16.2. The summed E-state index contributed by atoms with van der Waals surface area (Å²) in [4.78, 5) is 10.3. The van der Waals surface area contributed by atoms with E-state index >= 15 is 0 Å². The van der Waals surface area contributed by atoms with Gasteiger partial charge in [0.2, 0.25) is 0 Å². The van der Waals surface area contributed by atoms with Gasteiger partial charge in [0.05, 0.1) is 16.1 Å². The standard InChI is InChI=1S/C13H8ClF2NO4S/c14-7-1-3-11(16)12(5-7)17-22(20,21)8-2-4-10(15)9(6-8)13(18)19/h1-6,17H,(H,18,19). The van der Waals surface area contributed by atoms with Crippen LogP contribution < -0.4 is 4.72 Å². The number of carbonyl (C=O) groups is 1. The molecule has 9 heteroatoms. The Balaban J connectivity index is 2.45. The minimum absolute atomic E-state index is 0.101. The molecule has 0 heterocycles. The zero-order valence-electron chi connectivity index (χ0n) is 10.7. The summed E-state index contributed by atoms with van der Waals surface area (Å²) in [5.41, 5.74) is -1.22. The summed E-state index contributed by atoms with van der Waals surface area (Å²) in [6.07, 6.45) is 0. The van der Waals surface area contributed by atoms with Crippen molar-refractivity contribution in [1.82, 2.24) is 0 Å². The second-order valence-corrected chi connectivity index (χ2v) is 6.30. The van der Waals surface area contributed by atoms with E-state index in [1.54, 1.807) is 0 Å². The Morgan fingerprint density at radius 3 is 2.36 bits per heavy atom. The Labute approximate surface area is 129 Å². The second-order valence-electron chi connectivity index (χ2n) is 4.18. The Bertz CT molecular complexity index is 855. The summed E-state index contributed by atoms with van der Waals surface area (Å²) < 4.78 is 53.0. The van der Waals surface area contributed by atoms with Crippen LogP contribution in [-0.4, -0.2) is 19.5 Å². The van der Waals surface area contributed by atoms with Crippen LogP contribution in [0.1, 0.15) is 10.4 Å². The Kier molecular flexibility index (Phi) is 4.34. The van der Waals surface area contributed by atoms with Gasteiger partial charge in [-0.15, -0.1) is 0 Å². The Morgan fingerprint density at radius 1 is 1.09 bits per heavy atom. The number of carboxylic acids is 1. The first-order chi connectivity index (χ1) is 10.2. The minimum atomic E-state index is -4.30. The van der Waals surface area contributed by atoms with Crippen LogP contribution in [0.3, 0.4) is 0 Å². The smallest absolute Gasteiger partial charge is 0.338 e. The monoisotopic (exact) mass is 347 g/mol. The van der Waals surface area contributed by atoms with Gasteiger partial charge in [0.25, 0.3) is 10.0 Å². The van der Waals surface area contributed by atoms with Crippen LogP contribution in [0.5, 0.6) is 0 Å². The lowest BCUT2D eigenvalue weighted by molar-refractivity contribution is 0.0691. The SMILES string of the molecule is O=C(O)c1cc(S(=O)(=O)Nc2cc(Cl)ccc2F)ccc1F. The van der Waals surface area contributed by atoms with Crippen LogP contribution in [0.25, 0.3) is 0 Å². The zero-order chi connectivity index (χ0) is 16.5. The first-order valence-corrected chi connectivity index (χ1v) is 7.57. The third kappa shape index (κ3) is 3.34. The fourth-order valence-electron chi connectivity index (χ4n) is 1.61. The third-order valence-corrected chi connectivity index (χ3v) is 4.25. The molecule has 0 aliphatic rings. The van der Waals surface area contributed by atoms with E-state index < -0.39 is 43.8 Å². The van der Waals surface area contributed by atoms with Crippen LogP contribution in [0, 0.1) is 11.6 Å². The number of hydrogen-bond donors (Lipinski definition) is 2. The molecule has 0 saturated carbocycles. The highest BCUT2D eigenvalue weighted by Gasteiger charge is 2.20. The molecule has 2 aromatic carbocycles. The number of sulfonamides is 1. The molecule has 0 aliphatic carbocycles. The molecule has 0 bridgehead atoms. The molecule has 2 aromatic rings. The number of hydrogen-bond acceptors (Lipinski definition) is 3. The largest absolute Gasteiger partial charge is 0.478 e. The predicted octanol–water partition coefficient (Wildman–Crippen LogP) is 3.12. The van der Waals surface area contributed by atoms with Crippen molar-refractivity contribution in [2.45, 2.75) is 4.90 Å². The molecule has 0 radical (unpaired) electrons. The molecule has 2 N–H and O–H groups in total. The fourth-order valence-corrected chi connectivity index (χ4v) is 2.87. The van der Waals surface area contributed by atoms with Gasteiger partial charge in [-0.05, 0) is 36.4 Å². The van der Waals surface area contributed by atoms with Gasteiger partial charge in [-0.2, -0.15) is 0 Å². The summed E-state index contributed by atoms with van der Waals surface area (Å²) in [6.45, 7) is 0. The maximum atomic E-state index is 13.5. The maximum absolute atomic E-state index is 13.5. The van der Waals surface area contributed by atoms with E-state index in [9.17, 15) is 22.0 Å². The highest BCUT2D eigenvalue weighted by Crippen LogP contribution is 2.23. The van der Waals surface area contributed by atoms with Crippen LogP contribution in [0.2, 0.25) is 5.02 Å². The highest BCUT2D eigenvalue weighted by atomic mass is 35.5. The topological polar surface area (TPSA) is 83.5 Å². The summed E-state index contributed by atoms with van der Waals surface area (Å²) in [6, 6.07) is 5.46. The number of aromatic carboxylic acids is 1. The molecule has 116 valence electrons. The molecule has 0 aromatic heterocycles. The lowest BCUT2D eigenvalue weighted by Gasteiger charge is -2.10. The zero-order valence-corrected chi connectivity index (χ0v) is 12.3. The van der Waals surface area contributed by atoms with Gasteiger partial charge >= 0.3 is 5.97 Å². The van der Waals surface area contributed by atoms with E-state index in [0.717, 1.165) is 18.2 Å². The minimum Gasteiger partial charge on any atom is -0.478 e. The number of anilines is 1.